The van der Waals surface area contributed by atoms with Crippen molar-refractivity contribution >= 4 is 27.5 Å². The number of benzene rings is 2. The SMILES string of the molecule is CCN(CC(N)=O)C(=O)c1cccc(NS(=O)(=O)c2cc(C)ccc2C)c1. The minimum Gasteiger partial charge on any atom is -0.368 e. The Hall–Kier alpha value is -2.87. The molecule has 3 N–H and O–H groups in total. The molecule has 7 nitrogen and oxygen atoms in total. The molecule has 144 valence electrons. The highest BCUT2D eigenvalue weighted by molar-refractivity contribution is 7.92. The minimum absolute atomic E-state index is 0.183. The van der Waals surface area contributed by atoms with E-state index in [1.54, 1.807) is 44.2 Å². The summed E-state index contributed by atoms with van der Waals surface area (Å²) in [5.74, 6) is -1.01. The molecule has 0 atom stereocenters. The molecule has 2 aromatic rings. The molecule has 0 saturated carbocycles. The summed E-state index contributed by atoms with van der Waals surface area (Å²) < 4.78 is 28.0. The summed E-state index contributed by atoms with van der Waals surface area (Å²) >= 11 is 0. The van der Waals surface area contributed by atoms with Gasteiger partial charge in [-0.2, -0.15) is 0 Å². The summed E-state index contributed by atoms with van der Waals surface area (Å²) in [6, 6.07) is 11.3. The first kappa shape index (κ1) is 20.4. The number of aryl methyl sites for hydroxylation is 2. The molecule has 0 aliphatic rings. The van der Waals surface area contributed by atoms with Gasteiger partial charge in [-0.3, -0.25) is 14.3 Å². The summed E-state index contributed by atoms with van der Waals surface area (Å²) in [6.07, 6.45) is 0. The number of hydrogen-bond donors (Lipinski definition) is 2. The molecule has 0 saturated heterocycles. The number of amides is 2. The van der Waals surface area contributed by atoms with Crippen molar-refractivity contribution < 1.29 is 18.0 Å². The lowest BCUT2D eigenvalue weighted by Gasteiger charge is -2.19. The molecule has 2 rings (SSSR count). The van der Waals surface area contributed by atoms with Crippen molar-refractivity contribution in [3.63, 3.8) is 0 Å². The molecule has 8 heteroatoms. The number of likely N-dealkylation sites (N-methyl/N-ethyl adjacent to an activating group) is 1. The van der Waals surface area contributed by atoms with E-state index in [0.717, 1.165) is 5.56 Å². The Bertz CT molecular complexity index is 971. The Labute approximate surface area is 159 Å². The van der Waals surface area contributed by atoms with Crippen LogP contribution in [0.15, 0.2) is 47.4 Å². The van der Waals surface area contributed by atoms with Crippen molar-refractivity contribution in [2.45, 2.75) is 25.7 Å². The topological polar surface area (TPSA) is 110 Å². The predicted octanol–water partition coefficient (Wildman–Crippen LogP) is 2.05. The van der Waals surface area contributed by atoms with Gasteiger partial charge < -0.3 is 10.6 Å². The fourth-order valence-electron chi connectivity index (χ4n) is 2.62. The van der Waals surface area contributed by atoms with Crippen molar-refractivity contribution in [2.75, 3.05) is 17.8 Å². The highest BCUT2D eigenvalue weighted by Gasteiger charge is 2.19. The van der Waals surface area contributed by atoms with Crippen LogP contribution in [0.2, 0.25) is 0 Å². The van der Waals surface area contributed by atoms with E-state index in [1.165, 1.54) is 11.0 Å². The molecule has 0 bridgehead atoms. The largest absolute Gasteiger partial charge is 0.368 e. The third-order valence-electron chi connectivity index (χ3n) is 4.01. The van der Waals surface area contributed by atoms with E-state index in [-0.39, 0.29) is 22.7 Å². The number of sulfonamides is 1. The van der Waals surface area contributed by atoms with Crippen molar-refractivity contribution in [2.24, 2.45) is 5.73 Å². The van der Waals surface area contributed by atoms with Crippen LogP contribution in [0.5, 0.6) is 0 Å². The second kappa shape index (κ2) is 8.22. The monoisotopic (exact) mass is 389 g/mol. The third-order valence-corrected chi connectivity index (χ3v) is 5.53. The third kappa shape index (κ3) is 5.07. The smallest absolute Gasteiger partial charge is 0.262 e. The number of primary amides is 1. The molecular formula is C19H23N3O4S. The van der Waals surface area contributed by atoms with Crippen molar-refractivity contribution in [1.29, 1.82) is 0 Å². The quantitative estimate of drug-likeness (QED) is 0.755. The molecule has 0 spiro atoms. The maximum atomic E-state index is 12.7. The Morgan fingerprint density at radius 2 is 1.81 bits per heavy atom. The fraction of sp³-hybridized carbons (Fsp3) is 0.263. The van der Waals surface area contributed by atoms with Gasteiger partial charge in [0.05, 0.1) is 11.4 Å². The zero-order valence-electron chi connectivity index (χ0n) is 15.5. The van der Waals surface area contributed by atoms with Crippen LogP contribution in [0.3, 0.4) is 0 Å². The average Bonchev–Trinajstić information content (AvgIpc) is 2.60. The molecule has 0 aliphatic heterocycles. The Morgan fingerprint density at radius 1 is 1.11 bits per heavy atom. The summed E-state index contributed by atoms with van der Waals surface area (Å²) in [5, 5.41) is 0. The van der Waals surface area contributed by atoms with E-state index >= 15 is 0 Å². The highest BCUT2D eigenvalue weighted by atomic mass is 32.2. The average molecular weight is 389 g/mol. The van der Waals surface area contributed by atoms with Crippen molar-refractivity contribution in [3.8, 4) is 0 Å². The van der Waals surface area contributed by atoms with Crippen LogP contribution in [0.25, 0.3) is 0 Å². The highest BCUT2D eigenvalue weighted by Crippen LogP contribution is 2.21. The van der Waals surface area contributed by atoms with Crippen molar-refractivity contribution in [3.05, 3.63) is 59.2 Å². The molecule has 0 aliphatic carbocycles. The van der Waals surface area contributed by atoms with Gasteiger partial charge in [-0.05, 0) is 56.2 Å². The standard InChI is InChI=1S/C19H23N3O4S/c1-4-22(12-18(20)23)19(24)15-6-5-7-16(11-15)21-27(25,26)17-10-13(2)8-9-14(17)3/h5-11,21H,4,12H2,1-3H3,(H2,20,23). The molecule has 27 heavy (non-hydrogen) atoms. The molecule has 0 radical (unpaired) electrons. The van der Waals surface area contributed by atoms with E-state index in [9.17, 15) is 18.0 Å². The Morgan fingerprint density at radius 3 is 2.44 bits per heavy atom. The molecular weight excluding hydrogens is 366 g/mol. The fourth-order valence-corrected chi connectivity index (χ4v) is 4.00. The molecule has 0 unspecified atom stereocenters. The van der Waals surface area contributed by atoms with Gasteiger partial charge in [0.2, 0.25) is 5.91 Å². The van der Waals surface area contributed by atoms with E-state index in [1.807, 2.05) is 13.0 Å². The van der Waals surface area contributed by atoms with Gasteiger partial charge in [-0.1, -0.05) is 18.2 Å². The number of nitrogens with two attached hydrogens (primary N) is 1. The van der Waals surface area contributed by atoms with E-state index in [2.05, 4.69) is 4.72 Å². The van der Waals surface area contributed by atoms with Gasteiger partial charge in [0, 0.05) is 17.8 Å². The maximum absolute atomic E-state index is 12.7. The molecule has 2 amide bonds. The lowest BCUT2D eigenvalue weighted by atomic mass is 10.2. The van der Waals surface area contributed by atoms with E-state index < -0.39 is 21.8 Å². The van der Waals surface area contributed by atoms with Crippen LogP contribution >= 0.6 is 0 Å². The molecule has 0 aromatic heterocycles. The van der Waals surface area contributed by atoms with E-state index in [4.69, 9.17) is 5.73 Å². The number of carbonyl (C=O) groups is 2. The van der Waals surface area contributed by atoms with Crippen molar-refractivity contribution in [1.82, 2.24) is 4.90 Å². The first-order chi connectivity index (χ1) is 12.6. The molecule has 2 aromatic carbocycles. The number of anilines is 1. The van der Waals surface area contributed by atoms with Crippen LogP contribution in [0.1, 0.15) is 28.4 Å². The maximum Gasteiger partial charge on any atom is 0.262 e. The number of hydrogen-bond acceptors (Lipinski definition) is 4. The second-order valence-corrected chi connectivity index (χ2v) is 7.89. The second-order valence-electron chi connectivity index (χ2n) is 6.24. The number of nitrogens with zero attached hydrogens (tertiary/aromatic N) is 1. The van der Waals surface area contributed by atoms with Gasteiger partial charge in [0.1, 0.15) is 0 Å². The van der Waals surface area contributed by atoms with Gasteiger partial charge in [-0.15, -0.1) is 0 Å². The normalized spacial score (nSPS) is 11.1. The van der Waals surface area contributed by atoms with Crippen LogP contribution < -0.4 is 10.5 Å². The van der Waals surface area contributed by atoms with Crippen LogP contribution in [-0.4, -0.2) is 38.2 Å². The van der Waals surface area contributed by atoms with Gasteiger partial charge >= 0.3 is 0 Å². The number of nitrogens with one attached hydrogen (secondary N) is 1. The van der Waals surface area contributed by atoms with Crippen LogP contribution in [-0.2, 0) is 14.8 Å². The minimum atomic E-state index is -3.80. The summed E-state index contributed by atoms with van der Waals surface area (Å²) in [5.41, 5.74) is 7.14. The predicted molar refractivity (Wildman–Crippen MR) is 104 cm³/mol. The van der Waals surface area contributed by atoms with Gasteiger partial charge in [0.15, 0.2) is 0 Å². The summed E-state index contributed by atoms with van der Waals surface area (Å²) in [7, 11) is -3.80. The zero-order chi connectivity index (χ0) is 20.2. The van der Waals surface area contributed by atoms with Crippen LogP contribution in [0, 0.1) is 13.8 Å². The lowest BCUT2D eigenvalue weighted by molar-refractivity contribution is -0.118. The Kier molecular flexibility index (Phi) is 6.22. The number of rotatable bonds is 7. The summed E-state index contributed by atoms with van der Waals surface area (Å²) in [4.78, 5) is 25.1. The number of carbonyl (C=O) groups excluding carboxylic acids is 2. The first-order valence-corrected chi connectivity index (χ1v) is 9.90. The summed E-state index contributed by atoms with van der Waals surface area (Å²) in [6.45, 7) is 5.37. The molecule has 0 heterocycles. The lowest BCUT2D eigenvalue weighted by Crippen LogP contribution is -2.38. The van der Waals surface area contributed by atoms with Crippen LogP contribution in [0.4, 0.5) is 5.69 Å². The molecule has 0 fully saturated rings. The van der Waals surface area contributed by atoms with E-state index in [0.29, 0.717) is 12.1 Å². The first-order valence-electron chi connectivity index (χ1n) is 8.41. The van der Waals surface area contributed by atoms with Gasteiger partial charge in [-0.25, -0.2) is 8.42 Å². The zero-order valence-corrected chi connectivity index (χ0v) is 16.3. The Balaban J connectivity index is 2.31. The van der Waals surface area contributed by atoms with Gasteiger partial charge in [0.25, 0.3) is 15.9 Å².